The van der Waals surface area contributed by atoms with E-state index in [-0.39, 0.29) is 5.06 Å². The fourth-order valence-electron chi connectivity index (χ4n) is 2.00. The molecule has 100 valence electrons. The summed E-state index contributed by atoms with van der Waals surface area (Å²) in [6, 6.07) is 10.7. The third kappa shape index (κ3) is 2.29. The molecule has 0 spiro atoms. The SMILES string of the molecule is Cc1cc(N)ccc1N=Nc1ccc2c(c1)N=C[NH+]2[O-]. The van der Waals surface area contributed by atoms with Crippen LogP contribution in [0, 0.1) is 12.1 Å². The quantitative estimate of drug-likeness (QED) is 0.497. The van der Waals surface area contributed by atoms with Gasteiger partial charge in [0, 0.05) is 11.8 Å². The van der Waals surface area contributed by atoms with Gasteiger partial charge in [-0.1, -0.05) is 0 Å². The van der Waals surface area contributed by atoms with Crippen molar-refractivity contribution in [2.24, 2.45) is 15.2 Å². The minimum absolute atomic E-state index is 0.0714. The topological polar surface area (TPSA) is 90.6 Å². The van der Waals surface area contributed by atoms with Crippen LogP contribution in [0.15, 0.2) is 51.6 Å². The summed E-state index contributed by atoms with van der Waals surface area (Å²) in [7, 11) is 0. The van der Waals surface area contributed by atoms with E-state index in [0.717, 1.165) is 11.3 Å². The first-order valence-electron chi connectivity index (χ1n) is 6.14. The van der Waals surface area contributed by atoms with E-state index >= 15 is 0 Å². The van der Waals surface area contributed by atoms with Gasteiger partial charge in [-0.15, -0.1) is 0 Å². The number of hydroxylamine groups is 1. The van der Waals surface area contributed by atoms with E-state index in [1.807, 2.05) is 19.1 Å². The van der Waals surface area contributed by atoms with Crippen molar-refractivity contribution >= 4 is 34.8 Å². The van der Waals surface area contributed by atoms with Crippen molar-refractivity contribution in [2.45, 2.75) is 6.92 Å². The van der Waals surface area contributed by atoms with Gasteiger partial charge in [0.05, 0.1) is 11.4 Å². The van der Waals surface area contributed by atoms with E-state index in [1.165, 1.54) is 6.34 Å². The number of fused-ring (bicyclic) bond motifs is 1. The second-order valence-corrected chi connectivity index (χ2v) is 4.57. The lowest BCUT2D eigenvalue weighted by atomic mass is 10.2. The molecule has 2 aromatic rings. The first-order chi connectivity index (χ1) is 9.63. The number of hydrogen-bond donors (Lipinski definition) is 2. The summed E-state index contributed by atoms with van der Waals surface area (Å²) in [6.45, 7) is 1.93. The van der Waals surface area contributed by atoms with Crippen LogP contribution in [-0.2, 0) is 0 Å². The molecule has 3 rings (SSSR count). The number of quaternary nitrogens is 1. The molecule has 0 aromatic heterocycles. The molecular weight excluding hydrogens is 254 g/mol. The van der Waals surface area contributed by atoms with E-state index < -0.39 is 0 Å². The second kappa shape index (κ2) is 4.84. The Morgan fingerprint density at radius 2 is 2.00 bits per heavy atom. The van der Waals surface area contributed by atoms with Crippen LogP contribution < -0.4 is 10.8 Å². The highest BCUT2D eigenvalue weighted by molar-refractivity contribution is 5.74. The highest BCUT2D eigenvalue weighted by Crippen LogP contribution is 2.30. The number of azo groups is 1. The van der Waals surface area contributed by atoms with Crippen molar-refractivity contribution in [3.05, 3.63) is 47.2 Å². The lowest BCUT2D eigenvalue weighted by molar-refractivity contribution is -0.655. The van der Waals surface area contributed by atoms with Crippen molar-refractivity contribution in [2.75, 3.05) is 5.73 Å². The maximum absolute atomic E-state index is 11.4. The molecule has 0 aliphatic carbocycles. The molecule has 0 saturated carbocycles. The second-order valence-electron chi connectivity index (χ2n) is 4.57. The summed E-state index contributed by atoms with van der Waals surface area (Å²) in [5.41, 5.74) is 10.0. The summed E-state index contributed by atoms with van der Waals surface area (Å²) in [4.78, 5) is 4.03. The molecule has 6 nitrogen and oxygen atoms in total. The summed E-state index contributed by atoms with van der Waals surface area (Å²) < 4.78 is 0. The van der Waals surface area contributed by atoms with Crippen LogP contribution in [0.1, 0.15) is 5.56 Å². The van der Waals surface area contributed by atoms with Gasteiger partial charge < -0.3 is 10.9 Å². The molecule has 1 aliphatic heterocycles. The van der Waals surface area contributed by atoms with E-state index in [1.54, 1.807) is 24.3 Å². The minimum atomic E-state index is -0.0714. The van der Waals surface area contributed by atoms with E-state index in [0.29, 0.717) is 22.7 Å². The van der Waals surface area contributed by atoms with Crippen LogP contribution in [-0.4, -0.2) is 6.34 Å². The Balaban J connectivity index is 1.88. The fraction of sp³-hybridized carbons (Fsp3) is 0.0714. The van der Waals surface area contributed by atoms with Gasteiger partial charge in [-0.25, -0.2) is 0 Å². The monoisotopic (exact) mass is 267 g/mol. The van der Waals surface area contributed by atoms with Gasteiger partial charge in [-0.05, 0) is 42.8 Å². The Morgan fingerprint density at radius 3 is 2.80 bits per heavy atom. The van der Waals surface area contributed by atoms with E-state index in [4.69, 9.17) is 5.73 Å². The number of aryl methyl sites for hydroxylation is 1. The van der Waals surface area contributed by atoms with Crippen LogP contribution in [0.2, 0.25) is 0 Å². The number of rotatable bonds is 2. The molecule has 2 aromatic carbocycles. The van der Waals surface area contributed by atoms with Crippen molar-refractivity contribution in [1.29, 1.82) is 0 Å². The Morgan fingerprint density at radius 1 is 1.15 bits per heavy atom. The third-order valence-electron chi connectivity index (χ3n) is 3.06. The van der Waals surface area contributed by atoms with Gasteiger partial charge in [-0.2, -0.15) is 15.2 Å². The molecule has 20 heavy (non-hydrogen) atoms. The predicted octanol–water partition coefficient (Wildman–Crippen LogP) is 2.68. The first kappa shape index (κ1) is 12.5. The largest absolute Gasteiger partial charge is 0.623 e. The molecule has 0 bridgehead atoms. The van der Waals surface area contributed by atoms with Gasteiger partial charge in [0.1, 0.15) is 5.69 Å². The maximum atomic E-state index is 11.4. The number of anilines is 1. The summed E-state index contributed by atoms with van der Waals surface area (Å²) in [6.07, 6.45) is 1.32. The molecule has 0 saturated heterocycles. The van der Waals surface area contributed by atoms with Gasteiger partial charge >= 0.3 is 0 Å². The zero-order valence-corrected chi connectivity index (χ0v) is 10.9. The first-order valence-corrected chi connectivity index (χ1v) is 6.14. The summed E-state index contributed by atoms with van der Waals surface area (Å²) in [5.74, 6) is 0. The molecule has 1 unspecified atom stereocenters. The summed E-state index contributed by atoms with van der Waals surface area (Å²) in [5, 5.41) is 19.7. The lowest BCUT2D eigenvalue weighted by Crippen LogP contribution is -2.99. The number of nitrogens with two attached hydrogens (primary N) is 1. The van der Waals surface area contributed by atoms with Crippen molar-refractivity contribution in [3.63, 3.8) is 0 Å². The van der Waals surface area contributed by atoms with Crippen LogP contribution in [0.5, 0.6) is 0 Å². The van der Waals surface area contributed by atoms with Crippen molar-refractivity contribution in [3.8, 4) is 0 Å². The average Bonchev–Trinajstić information content (AvgIpc) is 2.79. The van der Waals surface area contributed by atoms with Crippen LogP contribution in [0.25, 0.3) is 0 Å². The number of nitrogen functional groups attached to an aromatic ring is 1. The smallest absolute Gasteiger partial charge is 0.194 e. The molecule has 3 N–H and O–H groups in total. The third-order valence-corrected chi connectivity index (χ3v) is 3.06. The molecule has 1 aliphatic rings. The lowest BCUT2D eigenvalue weighted by Gasteiger charge is -2.10. The normalized spacial score (nSPS) is 16.8. The molecule has 0 radical (unpaired) electrons. The fourth-order valence-corrected chi connectivity index (χ4v) is 2.00. The van der Waals surface area contributed by atoms with Gasteiger partial charge in [0.2, 0.25) is 0 Å². The van der Waals surface area contributed by atoms with Gasteiger partial charge in [0.25, 0.3) is 0 Å². The average molecular weight is 267 g/mol. The number of nitrogens with zero attached hydrogens (tertiary/aromatic N) is 3. The van der Waals surface area contributed by atoms with Gasteiger partial charge in [-0.3, -0.25) is 5.06 Å². The van der Waals surface area contributed by atoms with Gasteiger partial charge in [0.15, 0.2) is 12.0 Å². The Hall–Kier alpha value is -2.57. The predicted molar refractivity (Wildman–Crippen MR) is 78.4 cm³/mol. The number of benzene rings is 2. The molecule has 1 atom stereocenters. The van der Waals surface area contributed by atoms with Crippen LogP contribution in [0.3, 0.4) is 0 Å². The van der Waals surface area contributed by atoms with Crippen LogP contribution in [0.4, 0.5) is 28.4 Å². The molecular formula is C14H13N5O. The zero-order chi connectivity index (χ0) is 14.1. The highest BCUT2D eigenvalue weighted by Gasteiger charge is 2.14. The Labute approximate surface area is 115 Å². The van der Waals surface area contributed by atoms with E-state index in [9.17, 15) is 5.21 Å². The minimum Gasteiger partial charge on any atom is -0.623 e. The highest BCUT2D eigenvalue weighted by atomic mass is 16.5. The molecule has 1 heterocycles. The van der Waals surface area contributed by atoms with Crippen LogP contribution >= 0.6 is 0 Å². The summed E-state index contributed by atoms with van der Waals surface area (Å²) >= 11 is 0. The number of hydrogen-bond acceptors (Lipinski definition) is 5. The van der Waals surface area contributed by atoms with Crippen molar-refractivity contribution < 1.29 is 5.06 Å². The van der Waals surface area contributed by atoms with E-state index in [2.05, 4.69) is 15.2 Å². The number of aliphatic imine (C=N–C) groups is 1. The molecule has 6 heteroatoms. The zero-order valence-electron chi connectivity index (χ0n) is 10.9. The Bertz CT molecular complexity index is 723. The van der Waals surface area contributed by atoms with Crippen molar-refractivity contribution in [1.82, 2.24) is 0 Å². The molecule has 0 fully saturated rings. The number of nitrogens with one attached hydrogen (secondary N) is 1. The Kier molecular flexibility index (Phi) is 3.02. The standard InChI is InChI=1S/C14H13N5O/c1-9-6-10(15)2-4-12(9)18-17-11-3-5-14-13(7-11)16-8-19(14)20/h2-8,19H,15H2,1H3. The molecule has 0 amide bonds. The maximum Gasteiger partial charge on any atom is 0.194 e.